The zero-order chi connectivity index (χ0) is 21.6. The molecule has 3 aromatic carbocycles. The molecule has 5 heteroatoms. The Morgan fingerprint density at radius 3 is 2.16 bits per heavy atom. The Balaban J connectivity index is 1.69. The monoisotopic (exact) mass is 409 g/mol. The molecule has 2 atom stereocenters. The minimum Gasteiger partial charge on any atom is -0.353 e. The average molecular weight is 409 g/mol. The summed E-state index contributed by atoms with van der Waals surface area (Å²) in [6, 6.07) is 23.7. The fourth-order valence-corrected chi connectivity index (χ4v) is 4.64. The van der Waals surface area contributed by atoms with E-state index in [1.54, 1.807) is 0 Å². The number of aliphatic imine (C=N–C) groups is 1. The molecule has 2 aliphatic rings. The van der Waals surface area contributed by atoms with E-state index < -0.39 is 11.6 Å². The number of benzene rings is 3. The van der Waals surface area contributed by atoms with Crippen molar-refractivity contribution < 1.29 is 9.63 Å². The van der Waals surface area contributed by atoms with Crippen LogP contribution in [0.2, 0.25) is 0 Å². The Kier molecular flexibility index (Phi) is 4.47. The molecule has 0 bridgehead atoms. The van der Waals surface area contributed by atoms with Crippen LogP contribution in [-0.4, -0.2) is 23.2 Å². The van der Waals surface area contributed by atoms with Gasteiger partial charge in [-0.25, -0.2) is 4.99 Å². The van der Waals surface area contributed by atoms with E-state index in [1.807, 2.05) is 60.7 Å². The van der Waals surface area contributed by atoms with E-state index in [4.69, 9.17) is 9.83 Å². The van der Waals surface area contributed by atoms with Gasteiger partial charge in [-0.3, -0.25) is 4.79 Å². The first-order chi connectivity index (χ1) is 15.0. The highest BCUT2D eigenvalue weighted by Crippen LogP contribution is 2.44. The lowest BCUT2D eigenvalue weighted by Crippen LogP contribution is -2.45. The summed E-state index contributed by atoms with van der Waals surface area (Å²) in [5.74, 6) is -0.267. The fourth-order valence-electron chi connectivity index (χ4n) is 4.64. The van der Waals surface area contributed by atoms with Gasteiger partial charge in [-0.15, -0.1) is 0 Å². The van der Waals surface area contributed by atoms with E-state index in [0.29, 0.717) is 5.84 Å². The van der Waals surface area contributed by atoms with Crippen molar-refractivity contribution in [2.75, 3.05) is 0 Å². The normalized spacial score (nSPS) is 22.2. The van der Waals surface area contributed by atoms with Crippen LogP contribution in [-0.2, 0) is 9.63 Å². The highest BCUT2D eigenvalue weighted by Gasteiger charge is 2.59. The van der Waals surface area contributed by atoms with E-state index >= 15 is 0 Å². The van der Waals surface area contributed by atoms with Gasteiger partial charge in [-0.2, -0.15) is 0 Å². The number of carbonyl (C=O) groups is 1. The van der Waals surface area contributed by atoms with E-state index in [0.717, 1.165) is 33.5 Å². The van der Waals surface area contributed by atoms with Crippen LogP contribution in [0.15, 0.2) is 82.9 Å². The maximum atomic E-state index is 13.3. The van der Waals surface area contributed by atoms with Crippen molar-refractivity contribution in [1.29, 1.82) is 0 Å². The van der Waals surface area contributed by atoms with Crippen molar-refractivity contribution in [3.8, 4) is 0 Å². The summed E-state index contributed by atoms with van der Waals surface area (Å²) < 4.78 is 0. The zero-order valence-corrected chi connectivity index (χ0v) is 17.7. The number of amidine groups is 1. The molecule has 1 N–H and O–H groups in total. The summed E-state index contributed by atoms with van der Waals surface area (Å²) in [5, 5.41) is 7.40. The van der Waals surface area contributed by atoms with Crippen molar-refractivity contribution in [1.82, 2.24) is 5.32 Å². The topological polar surface area (TPSA) is 63.1 Å². The fraction of sp³-hybridized carbons (Fsp3) is 0.192. The Morgan fingerprint density at radius 2 is 1.52 bits per heavy atom. The van der Waals surface area contributed by atoms with Crippen molar-refractivity contribution >= 4 is 17.5 Å². The number of rotatable bonds is 3. The quantitative estimate of drug-likeness (QED) is 0.697. The van der Waals surface area contributed by atoms with Crippen LogP contribution in [0.5, 0.6) is 0 Å². The van der Waals surface area contributed by atoms with Gasteiger partial charge < -0.3 is 10.2 Å². The van der Waals surface area contributed by atoms with E-state index in [2.05, 4.69) is 43.4 Å². The molecule has 0 unspecified atom stereocenters. The molecule has 0 saturated carbocycles. The van der Waals surface area contributed by atoms with Crippen LogP contribution in [0.4, 0.5) is 0 Å². The van der Waals surface area contributed by atoms with Gasteiger partial charge in [-0.1, -0.05) is 83.5 Å². The van der Waals surface area contributed by atoms with Gasteiger partial charge in [0.25, 0.3) is 5.91 Å². The number of nitrogens with one attached hydrogen (secondary N) is 1. The number of hydrogen-bond donors (Lipinski definition) is 1. The number of carbonyl (C=O) groups excluding carboxylic acids is 1. The molecule has 0 saturated heterocycles. The maximum Gasteiger partial charge on any atom is 0.319 e. The smallest absolute Gasteiger partial charge is 0.319 e. The summed E-state index contributed by atoms with van der Waals surface area (Å²) in [5.41, 5.74) is 5.43. The van der Waals surface area contributed by atoms with Gasteiger partial charge in [-0.05, 0) is 37.5 Å². The van der Waals surface area contributed by atoms with Gasteiger partial charge in [0.1, 0.15) is 17.5 Å². The molecule has 5 rings (SSSR count). The highest BCUT2D eigenvalue weighted by molar-refractivity contribution is 6.19. The molecule has 2 heterocycles. The molecule has 0 fully saturated rings. The summed E-state index contributed by atoms with van der Waals surface area (Å²) in [4.78, 5) is 24.1. The Hall–Kier alpha value is -3.73. The number of oxime groups is 1. The molecule has 2 aliphatic heterocycles. The second-order valence-corrected chi connectivity index (χ2v) is 8.16. The molecule has 0 aliphatic carbocycles. The lowest BCUT2D eigenvalue weighted by Gasteiger charge is -2.25. The third-order valence-electron chi connectivity index (χ3n) is 5.90. The molecular formula is C26H23N3O2. The van der Waals surface area contributed by atoms with Crippen molar-refractivity contribution in [3.05, 3.63) is 106 Å². The van der Waals surface area contributed by atoms with Crippen LogP contribution in [0.25, 0.3) is 0 Å². The lowest BCUT2D eigenvalue weighted by atomic mass is 9.80. The standard InChI is InChI=1S/C26H23N3O2/c1-16-14-17(2)21(18(3)15-16)23-22(19-10-6-4-7-11-19)26(31-29-23)25(30)27-24(28-26)20-12-8-5-9-13-20/h4-15,22H,1-3H3,(H,27,28,30)/t22-,26-/m1/s1. The van der Waals surface area contributed by atoms with Crippen LogP contribution >= 0.6 is 0 Å². The summed E-state index contributed by atoms with van der Waals surface area (Å²) >= 11 is 0. The SMILES string of the molecule is Cc1cc(C)c(C2=NO[C@]3(N=C(c4ccccc4)NC3=O)[C@@H]2c2ccccc2)c(C)c1. The number of amides is 1. The predicted octanol–water partition coefficient (Wildman–Crippen LogP) is 4.40. The van der Waals surface area contributed by atoms with Crippen molar-refractivity contribution in [2.45, 2.75) is 32.4 Å². The first-order valence-corrected chi connectivity index (χ1v) is 10.4. The molecule has 5 nitrogen and oxygen atoms in total. The Labute approximate surface area is 181 Å². The Morgan fingerprint density at radius 1 is 0.903 bits per heavy atom. The van der Waals surface area contributed by atoms with Crippen LogP contribution in [0.3, 0.4) is 0 Å². The summed E-state index contributed by atoms with van der Waals surface area (Å²) in [6.07, 6.45) is 0. The number of nitrogens with zero attached hydrogens (tertiary/aromatic N) is 2. The lowest BCUT2D eigenvalue weighted by molar-refractivity contribution is -0.140. The van der Waals surface area contributed by atoms with E-state index in [1.165, 1.54) is 5.56 Å². The molecule has 1 amide bonds. The summed E-state index contributed by atoms with van der Waals surface area (Å²) in [7, 11) is 0. The van der Waals surface area contributed by atoms with Crippen LogP contribution < -0.4 is 5.32 Å². The molecule has 3 aromatic rings. The van der Waals surface area contributed by atoms with Gasteiger partial charge in [0.05, 0.1) is 0 Å². The van der Waals surface area contributed by atoms with Gasteiger partial charge in [0.15, 0.2) is 0 Å². The minimum absolute atomic E-state index is 0.304. The van der Waals surface area contributed by atoms with E-state index in [9.17, 15) is 4.79 Å². The molecule has 154 valence electrons. The third-order valence-corrected chi connectivity index (χ3v) is 5.90. The van der Waals surface area contributed by atoms with Gasteiger partial charge >= 0.3 is 5.72 Å². The second kappa shape index (κ2) is 7.20. The van der Waals surface area contributed by atoms with Gasteiger partial charge in [0, 0.05) is 11.1 Å². The molecule has 0 radical (unpaired) electrons. The van der Waals surface area contributed by atoms with Crippen LogP contribution in [0.1, 0.15) is 39.3 Å². The minimum atomic E-state index is -1.47. The number of aryl methyl sites for hydroxylation is 3. The number of hydrogen-bond acceptors (Lipinski definition) is 4. The molecule has 31 heavy (non-hydrogen) atoms. The zero-order valence-electron chi connectivity index (χ0n) is 17.7. The maximum absolute atomic E-state index is 13.3. The molecule has 0 aromatic heterocycles. The first-order valence-electron chi connectivity index (χ1n) is 10.4. The third kappa shape index (κ3) is 3.05. The van der Waals surface area contributed by atoms with Crippen molar-refractivity contribution in [3.63, 3.8) is 0 Å². The first kappa shape index (κ1) is 19.2. The second-order valence-electron chi connectivity index (χ2n) is 8.16. The molecule has 1 spiro atoms. The predicted molar refractivity (Wildman–Crippen MR) is 121 cm³/mol. The largest absolute Gasteiger partial charge is 0.353 e. The highest BCUT2D eigenvalue weighted by atomic mass is 16.7. The summed E-state index contributed by atoms with van der Waals surface area (Å²) in [6.45, 7) is 6.21. The van der Waals surface area contributed by atoms with Crippen LogP contribution in [0, 0.1) is 20.8 Å². The average Bonchev–Trinajstić information content (AvgIpc) is 3.30. The van der Waals surface area contributed by atoms with Gasteiger partial charge in [0.2, 0.25) is 0 Å². The Bertz CT molecular complexity index is 1210. The molecular weight excluding hydrogens is 386 g/mol. The van der Waals surface area contributed by atoms with E-state index in [-0.39, 0.29) is 5.91 Å². The van der Waals surface area contributed by atoms with Crippen molar-refractivity contribution in [2.24, 2.45) is 10.1 Å².